The van der Waals surface area contributed by atoms with Gasteiger partial charge < -0.3 is 25.7 Å². The highest BCUT2D eigenvalue weighted by molar-refractivity contribution is 5.90. The van der Waals surface area contributed by atoms with Crippen LogP contribution in [-0.4, -0.2) is 81.4 Å². The van der Waals surface area contributed by atoms with Crippen LogP contribution in [0.2, 0.25) is 0 Å². The van der Waals surface area contributed by atoms with Crippen molar-refractivity contribution in [1.29, 1.82) is 0 Å². The SMILES string of the molecule is CCCC1(CCC)CCC2(CCN([C@@H]3CCNC3)C2)CC1.O=C(O)/C=C\C(=O)O.O=C(O)/C=C\C(=O)O. The van der Waals surface area contributed by atoms with Gasteiger partial charge in [-0.15, -0.1) is 0 Å². The van der Waals surface area contributed by atoms with E-state index in [4.69, 9.17) is 20.4 Å². The zero-order chi connectivity index (χ0) is 27.9. The molecule has 0 amide bonds. The van der Waals surface area contributed by atoms with Crippen molar-refractivity contribution < 1.29 is 39.6 Å². The molecule has 0 aromatic carbocycles. The average Bonchev–Trinajstić information content (AvgIpc) is 3.51. The number of nitrogens with zero attached hydrogens (tertiary/aromatic N) is 1. The van der Waals surface area contributed by atoms with Gasteiger partial charge in [0.2, 0.25) is 0 Å². The maximum atomic E-state index is 9.55. The first-order valence-electron chi connectivity index (χ1n) is 13.2. The molecule has 37 heavy (non-hydrogen) atoms. The predicted octanol–water partition coefficient (Wildman–Crippen LogP) is 3.62. The second kappa shape index (κ2) is 16.2. The van der Waals surface area contributed by atoms with Gasteiger partial charge in [0.1, 0.15) is 0 Å². The summed E-state index contributed by atoms with van der Waals surface area (Å²) in [6.07, 6.45) is 16.9. The summed E-state index contributed by atoms with van der Waals surface area (Å²) in [4.78, 5) is 41.0. The molecule has 1 spiro atoms. The van der Waals surface area contributed by atoms with Crippen molar-refractivity contribution in [3.8, 4) is 0 Å². The van der Waals surface area contributed by atoms with Gasteiger partial charge in [-0.1, -0.05) is 26.7 Å². The van der Waals surface area contributed by atoms with Crippen LogP contribution in [0.15, 0.2) is 24.3 Å². The number of hydrogen-bond acceptors (Lipinski definition) is 6. The largest absolute Gasteiger partial charge is 0.478 e. The Balaban J connectivity index is 0.000000355. The zero-order valence-corrected chi connectivity index (χ0v) is 22.2. The summed E-state index contributed by atoms with van der Waals surface area (Å²) in [6, 6.07) is 0.849. The Hall–Kier alpha value is -2.72. The fraction of sp³-hybridized carbons (Fsp3) is 0.704. The molecule has 10 nitrogen and oxygen atoms in total. The highest BCUT2D eigenvalue weighted by atomic mass is 16.4. The standard InChI is InChI=1S/C19H36N2.2C4H4O4/c1-3-6-18(7-4-2)8-10-19(11-9-18)12-14-21(16-19)17-5-13-20-15-17;2*5-3(6)1-2-4(7)8/h17,20H,3-16H2,1-2H3;2*1-2H,(H,5,6)(H,7,8)/b;2*2-1-/t17-;;/m1../s1. The van der Waals surface area contributed by atoms with Crippen molar-refractivity contribution in [2.75, 3.05) is 26.2 Å². The lowest BCUT2D eigenvalue weighted by molar-refractivity contribution is -0.134. The van der Waals surface area contributed by atoms with Crippen LogP contribution in [0.5, 0.6) is 0 Å². The van der Waals surface area contributed by atoms with Gasteiger partial charge in [0.15, 0.2) is 0 Å². The second-order valence-corrected chi connectivity index (χ2v) is 10.4. The van der Waals surface area contributed by atoms with E-state index in [2.05, 4.69) is 24.1 Å². The molecule has 2 aliphatic heterocycles. The molecule has 2 saturated heterocycles. The molecule has 1 aliphatic carbocycles. The fourth-order valence-corrected chi connectivity index (χ4v) is 5.92. The van der Waals surface area contributed by atoms with Crippen molar-refractivity contribution in [2.45, 2.75) is 84.1 Å². The summed E-state index contributed by atoms with van der Waals surface area (Å²) in [5, 5.41) is 34.8. The summed E-state index contributed by atoms with van der Waals surface area (Å²) in [5.41, 5.74) is 1.42. The van der Waals surface area contributed by atoms with Crippen molar-refractivity contribution in [3.63, 3.8) is 0 Å². The highest BCUT2D eigenvalue weighted by Crippen LogP contribution is 2.53. The summed E-state index contributed by atoms with van der Waals surface area (Å²) >= 11 is 0. The van der Waals surface area contributed by atoms with Crippen LogP contribution in [0.4, 0.5) is 0 Å². The van der Waals surface area contributed by atoms with Gasteiger partial charge in [-0.05, 0) is 75.3 Å². The lowest BCUT2D eigenvalue weighted by Crippen LogP contribution is -2.40. The van der Waals surface area contributed by atoms with E-state index in [1.54, 1.807) is 0 Å². The third-order valence-corrected chi connectivity index (χ3v) is 7.69. The van der Waals surface area contributed by atoms with Gasteiger partial charge in [0.05, 0.1) is 0 Å². The first kappa shape index (κ1) is 32.3. The molecular formula is C27H44N2O8. The van der Waals surface area contributed by atoms with E-state index < -0.39 is 23.9 Å². The average molecular weight is 525 g/mol. The number of hydrogen-bond donors (Lipinski definition) is 5. The Bertz CT molecular complexity index is 735. The minimum atomic E-state index is -1.26. The van der Waals surface area contributed by atoms with E-state index in [1.807, 2.05) is 0 Å². The van der Waals surface area contributed by atoms with Gasteiger partial charge in [-0.25, -0.2) is 19.2 Å². The summed E-state index contributed by atoms with van der Waals surface area (Å²) in [7, 11) is 0. The summed E-state index contributed by atoms with van der Waals surface area (Å²) in [6.45, 7) is 10.0. The number of likely N-dealkylation sites (tertiary alicyclic amines) is 1. The highest BCUT2D eigenvalue weighted by Gasteiger charge is 2.46. The number of carboxylic acid groups (broad SMARTS) is 4. The smallest absolute Gasteiger partial charge is 0.328 e. The van der Waals surface area contributed by atoms with E-state index in [9.17, 15) is 19.2 Å². The molecule has 3 fully saturated rings. The summed E-state index contributed by atoms with van der Waals surface area (Å²) in [5.74, 6) is -5.03. The van der Waals surface area contributed by atoms with Gasteiger partial charge in [0, 0.05) is 43.4 Å². The first-order valence-corrected chi connectivity index (χ1v) is 13.2. The number of nitrogens with one attached hydrogen (secondary N) is 1. The second-order valence-electron chi connectivity index (χ2n) is 10.4. The number of carbonyl (C=O) groups is 4. The van der Waals surface area contributed by atoms with Crippen LogP contribution in [-0.2, 0) is 19.2 Å². The topological polar surface area (TPSA) is 164 Å². The van der Waals surface area contributed by atoms with Gasteiger partial charge in [-0.2, -0.15) is 0 Å². The molecule has 0 aromatic heterocycles. The Morgan fingerprint density at radius 1 is 0.784 bits per heavy atom. The molecule has 210 valence electrons. The number of rotatable bonds is 9. The van der Waals surface area contributed by atoms with Crippen LogP contribution in [0.3, 0.4) is 0 Å². The van der Waals surface area contributed by atoms with E-state index >= 15 is 0 Å². The van der Waals surface area contributed by atoms with Crippen LogP contribution in [0.1, 0.15) is 78.1 Å². The molecule has 0 aromatic rings. The van der Waals surface area contributed by atoms with E-state index in [-0.39, 0.29) is 0 Å². The maximum absolute atomic E-state index is 9.55. The molecule has 2 heterocycles. The number of carboxylic acids is 4. The third-order valence-electron chi connectivity index (χ3n) is 7.69. The van der Waals surface area contributed by atoms with Crippen molar-refractivity contribution in [3.05, 3.63) is 24.3 Å². The quantitative estimate of drug-likeness (QED) is 0.281. The van der Waals surface area contributed by atoms with Crippen LogP contribution < -0.4 is 5.32 Å². The predicted molar refractivity (Wildman–Crippen MR) is 139 cm³/mol. The molecule has 0 bridgehead atoms. The van der Waals surface area contributed by atoms with Crippen LogP contribution in [0.25, 0.3) is 0 Å². The Labute approximate surface area is 219 Å². The molecule has 0 radical (unpaired) electrons. The van der Waals surface area contributed by atoms with E-state index in [0.29, 0.717) is 29.7 Å². The lowest BCUT2D eigenvalue weighted by Gasteiger charge is -2.45. The normalized spacial score (nSPS) is 22.3. The van der Waals surface area contributed by atoms with Gasteiger partial charge in [0.25, 0.3) is 0 Å². The van der Waals surface area contributed by atoms with Crippen LogP contribution in [0, 0.1) is 10.8 Å². The fourth-order valence-electron chi connectivity index (χ4n) is 5.92. The first-order chi connectivity index (χ1) is 17.5. The van der Waals surface area contributed by atoms with E-state index in [1.165, 1.54) is 90.4 Å². The molecule has 3 aliphatic rings. The lowest BCUT2D eigenvalue weighted by atomic mass is 9.60. The van der Waals surface area contributed by atoms with Crippen molar-refractivity contribution >= 4 is 23.9 Å². The van der Waals surface area contributed by atoms with E-state index in [0.717, 1.165) is 11.5 Å². The molecule has 3 rings (SSSR count). The Morgan fingerprint density at radius 3 is 1.59 bits per heavy atom. The van der Waals surface area contributed by atoms with Crippen molar-refractivity contribution in [1.82, 2.24) is 10.2 Å². The molecular weight excluding hydrogens is 480 g/mol. The third kappa shape index (κ3) is 12.4. The molecule has 1 atom stereocenters. The monoisotopic (exact) mass is 524 g/mol. The summed E-state index contributed by atoms with van der Waals surface area (Å²) < 4.78 is 0. The Kier molecular flexibility index (Phi) is 14.1. The zero-order valence-electron chi connectivity index (χ0n) is 22.2. The minimum Gasteiger partial charge on any atom is -0.478 e. The van der Waals surface area contributed by atoms with Gasteiger partial charge >= 0.3 is 23.9 Å². The molecule has 10 heteroatoms. The molecule has 0 unspecified atom stereocenters. The van der Waals surface area contributed by atoms with Crippen LogP contribution >= 0.6 is 0 Å². The molecule has 5 N–H and O–H groups in total. The number of aliphatic carboxylic acids is 4. The van der Waals surface area contributed by atoms with Gasteiger partial charge in [-0.3, -0.25) is 4.90 Å². The Morgan fingerprint density at radius 2 is 1.24 bits per heavy atom. The maximum Gasteiger partial charge on any atom is 0.328 e. The minimum absolute atomic E-state index is 0.558. The molecule has 1 saturated carbocycles. The van der Waals surface area contributed by atoms with Crippen molar-refractivity contribution in [2.24, 2.45) is 10.8 Å².